The Kier molecular flexibility index (Phi) is 4.68. The van der Waals surface area contributed by atoms with E-state index in [9.17, 15) is 9.18 Å². The molecule has 0 aliphatic carbocycles. The fourth-order valence-electron chi connectivity index (χ4n) is 1.09. The Bertz CT molecular complexity index is 371. The molecule has 88 valence electrons. The third-order valence-corrected chi connectivity index (χ3v) is 1.89. The topological polar surface area (TPSA) is 73.6 Å². The lowest BCUT2D eigenvalue weighted by Crippen LogP contribution is -2.27. The lowest BCUT2D eigenvalue weighted by molar-refractivity contribution is -0.151. The predicted octanol–water partition coefficient (Wildman–Crippen LogP) is 0.825. The molecule has 0 heterocycles. The van der Waals surface area contributed by atoms with Gasteiger partial charge in [0.25, 0.3) is 0 Å². The molecule has 1 aromatic rings. The number of rotatable bonds is 5. The third kappa shape index (κ3) is 3.84. The van der Waals surface area contributed by atoms with Gasteiger partial charge in [-0.15, -0.1) is 0 Å². The minimum Gasteiger partial charge on any atom is -0.493 e. The van der Waals surface area contributed by atoms with Crippen LogP contribution in [0.3, 0.4) is 0 Å². The van der Waals surface area contributed by atoms with Gasteiger partial charge in [-0.05, 0) is 18.6 Å². The molecule has 0 saturated carbocycles. The maximum absolute atomic E-state index is 12.9. The van der Waals surface area contributed by atoms with E-state index in [1.807, 2.05) is 0 Å². The molecule has 0 unspecified atom stereocenters. The van der Waals surface area contributed by atoms with E-state index in [1.54, 1.807) is 18.6 Å². The largest absolute Gasteiger partial charge is 0.493 e. The first kappa shape index (κ1) is 12.4. The lowest BCUT2D eigenvalue weighted by atomic mass is 10.2. The van der Waals surface area contributed by atoms with Crippen LogP contribution in [0.5, 0.6) is 5.75 Å². The Morgan fingerprint density at radius 3 is 3.00 bits per heavy atom. The van der Waals surface area contributed by atoms with E-state index in [0.29, 0.717) is 5.75 Å². The summed E-state index contributed by atoms with van der Waals surface area (Å²) in [6.07, 6.45) is 0.0279. The highest BCUT2D eigenvalue weighted by atomic mass is 19.1. The average molecular weight is 228 g/mol. The van der Waals surface area contributed by atoms with E-state index in [0.717, 1.165) is 5.56 Å². The molecule has 0 amide bonds. The molecule has 0 aliphatic heterocycles. The summed E-state index contributed by atoms with van der Waals surface area (Å²) in [7, 11) is 0. The van der Waals surface area contributed by atoms with Gasteiger partial charge in [-0.3, -0.25) is 4.79 Å². The molecule has 3 N–H and O–H groups in total. The first-order valence-electron chi connectivity index (χ1n) is 4.67. The van der Waals surface area contributed by atoms with Crippen LogP contribution in [0.15, 0.2) is 18.2 Å². The van der Waals surface area contributed by atoms with Crippen LogP contribution in [-0.2, 0) is 9.63 Å². The Balaban J connectivity index is 2.42. The second-order valence-electron chi connectivity index (χ2n) is 3.10. The van der Waals surface area contributed by atoms with Crippen molar-refractivity contribution in [3.63, 3.8) is 0 Å². The second kappa shape index (κ2) is 6.04. The first-order valence-corrected chi connectivity index (χ1v) is 4.67. The van der Waals surface area contributed by atoms with Crippen molar-refractivity contribution in [3.8, 4) is 5.75 Å². The number of nitrogens with two attached hydrogens (primary N) is 1. The summed E-state index contributed by atoms with van der Waals surface area (Å²) in [6.45, 7) is 1.89. The van der Waals surface area contributed by atoms with Gasteiger partial charge < -0.3 is 9.57 Å². The van der Waals surface area contributed by atoms with Crippen molar-refractivity contribution in [2.45, 2.75) is 13.3 Å². The Morgan fingerprint density at radius 2 is 2.31 bits per heavy atom. The maximum atomic E-state index is 12.9. The van der Waals surface area contributed by atoms with Gasteiger partial charge in [-0.25, -0.2) is 10.2 Å². The van der Waals surface area contributed by atoms with E-state index in [1.165, 1.54) is 12.1 Å². The van der Waals surface area contributed by atoms with Crippen LogP contribution in [0.1, 0.15) is 12.0 Å². The number of hydrogen-bond acceptors (Lipinski definition) is 5. The molecule has 0 fully saturated rings. The Hall–Kier alpha value is -1.66. The van der Waals surface area contributed by atoms with Crippen LogP contribution >= 0.6 is 0 Å². The van der Waals surface area contributed by atoms with Gasteiger partial charge in [-0.1, -0.05) is 11.7 Å². The molecule has 0 saturated heterocycles. The number of carbonyl (C=O) groups excluding carboxylic acids is 1. The minimum atomic E-state index is -0.545. The zero-order chi connectivity index (χ0) is 12.0. The molecule has 16 heavy (non-hydrogen) atoms. The highest BCUT2D eigenvalue weighted by molar-refractivity contribution is 5.69. The summed E-state index contributed by atoms with van der Waals surface area (Å²) in [5.74, 6) is 4.26. The molecule has 0 radical (unpaired) electrons. The number of hydrogen-bond donors (Lipinski definition) is 2. The summed E-state index contributed by atoms with van der Waals surface area (Å²) >= 11 is 0. The molecule has 6 heteroatoms. The van der Waals surface area contributed by atoms with Crippen LogP contribution in [0.25, 0.3) is 0 Å². The lowest BCUT2D eigenvalue weighted by Gasteiger charge is -2.08. The maximum Gasteiger partial charge on any atom is 0.329 e. The molecule has 5 nitrogen and oxygen atoms in total. The summed E-state index contributed by atoms with van der Waals surface area (Å²) in [6, 6.07) is 4.21. The number of benzene rings is 1. The van der Waals surface area contributed by atoms with Gasteiger partial charge in [0.2, 0.25) is 0 Å². The monoisotopic (exact) mass is 228 g/mol. The van der Waals surface area contributed by atoms with Crippen LogP contribution in [-0.4, -0.2) is 12.6 Å². The smallest absolute Gasteiger partial charge is 0.329 e. The van der Waals surface area contributed by atoms with E-state index in [4.69, 9.17) is 10.6 Å². The van der Waals surface area contributed by atoms with E-state index >= 15 is 0 Å². The van der Waals surface area contributed by atoms with Crippen molar-refractivity contribution in [3.05, 3.63) is 29.6 Å². The number of ether oxygens (including phenoxy) is 1. The summed E-state index contributed by atoms with van der Waals surface area (Å²) in [5.41, 5.74) is 2.57. The number of aryl methyl sites for hydroxylation is 1. The fraction of sp³-hybridized carbons (Fsp3) is 0.300. The molecule has 1 aromatic carbocycles. The van der Waals surface area contributed by atoms with Crippen molar-refractivity contribution in [2.24, 2.45) is 5.84 Å². The van der Waals surface area contributed by atoms with Gasteiger partial charge in [0, 0.05) is 6.07 Å². The van der Waals surface area contributed by atoms with Crippen molar-refractivity contribution in [2.75, 3.05) is 6.61 Å². The first-order chi connectivity index (χ1) is 7.63. The number of hydrazine groups is 1. The Labute approximate surface area is 92.3 Å². The van der Waals surface area contributed by atoms with Crippen LogP contribution < -0.4 is 16.2 Å². The molecule has 0 atom stereocenters. The standard InChI is InChI=1S/C10H13FN2O3/c1-7-2-3-8(11)6-9(7)15-5-4-10(14)16-13-12/h2-3,6,13H,4-5,12H2,1H3. The van der Waals surface area contributed by atoms with Crippen LogP contribution in [0.4, 0.5) is 4.39 Å². The van der Waals surface area contributed by atoms with Gasteiger partial charge in [0.1, 0.15) is 11.6 Å². The molecular formula is C10H13FN2O3. The predicted molar refractivity (Wildman–Crippen MR) is 54.7 cm³/mol. The van der Waals surface area contributed by atoms with Crippen LogP contribution in [0.2, 0.25) is 0 Å². The van der Waals surface area contributed by atoms with Crippen LogP contribution in [0, 0.1) is 12.7 Å². The summed E-state index contributed by atoms with van der Waals surface area (Å²) in [5, 5.41) is 0. The average Bonchev–Trinajstić information content (AvgIpc) is 2.23. The summed E-state index contributed by atoms with van der Waals surface area (Å²) < 4.78 is 18.1. The highest BCUT2D eigenvalue weighted by Crippen LogP contribution is 2.18. The normalized spacial score (nSPS) is 9.94. The molecule has 0 spiro atoms. The fourth-order valence-corrected chi connectivity index (χ4v) is 1.09. The van der Waals surface area contributed by atoms with E-state index < -0.39 is 5.97 Å². The molecule has 1 rings (SSSR count). The van der Waals surface area contributed by atoms with E-state index in [-0.39, 0.29) is 18.8 Å². The number of halogens is 1. The molecule has 0 aromatic heterocycles. The molecule has 0 aliphatic rings. The van der Waals surface area contributed by atoms with Crippen molar-refractivity contribution in [1.82, 2.24) is 5.59 Å². The number of nitrogens with one attached hydrogen (secondary N) is 1. The number of carbonyl (C=O) groups is 1. The van der Waals surface area contributed by atoms with Gasteiger partial charge in [0.05, 0.1) is 13.0 Å². The van der Waals surface area contributed by atoms with Gasteiger partial charge >= 0.3 is 5.97 Å². The van der Waals surface area contributed by atoms with Crippen molar-refractivity contribution in [1.29, 1.82) is 0 Å². The van der Waals surface area contributed by atoms with Crippen molar-refractivity contribution < 1.29 is 18.8 Å². The zero-order valence-corrected chi connectivity index (χ0v) is 8.83. The minimum absolute atomic E-state index is 0.0279. The summed E-state index contributed by atoms with van der Waals surface area (Å²) in [4.78, 5) is 15.1. The van der Waals surface area contributed by atoms with Crippen molar-refractivity contribution >= 4 is 5.97 Å². The van der Waals surface area contributed by atoms with E-state index in [2.05, 4.69) is 4.84 Å². The SMILES string of the molecule is Cc1ccc(F)cc1OCCC(=O)ONN. The molecule has 0 bridgehead atoms. The zero-order valence-electron chi connectivity index (χ0n) is 8.83. The quantitative estimate of drug-likeness (QED) is 0.576. The third-order valence-electron chi connectivity index (χ3n) is 1.89. The Morgan fingerprint density at radius 1 is 1.56 bits per heavy atom. The van der Waals surface area contributed by atoms with Gasteiger partial charge in [-0.2, -0.15) is 0 Å². The van der Waals surface area contributed by atoms with Gasteiger partial charge in [0.15, 0.2) is 0 Å². The molecular weight excluding hydrogens is 215 g/mol. The highest BCUT2D eigenvalue weighted by Gasteiger charge is 2.05. The second-order valence-corrected chi connectivity index (χ2v) is 3.10.